The molecule has 20 radical (unpaired) electrons. The van der Waals surface area contributed by atoms with Crippen molar-refractivity contribution in [1.29, 1.82) is 0 Å². The minimum atomic E-state index is -2.37. The normalized spacial score (nSPS) is 19.7. The highest BCUT2D eigenvalue weighted by Crippen LogP contribution is 2.69. The molecular formula is C24H15B10N7O. The zero-order valence-corrected chi connectivity index (χ0v) is 23.0. The summed E-state index contributed by atoms with van der Waals surface area (Å²) in [6, 6.07) is 8.09. The summed E-state index contributed by atoms with van der Waals surface area (Å²) >= 11 is 0. The van der Waals surface area contributed by atoms with Crippen LogP contribution in [0, 0.1) is 6.92 Å². The number of nitrogens with one attached hydrogen (secondary N) is 1. The number of rotatable bonds is 4. The van der Waals surface area contributed by atoms with Crippen molar-refractivity contribution in [3.8, 4) is 11.4 Å². The van der Waals surface area contributed by atoms with Crippen molar-refractivity contribution >= 4 is 107 Å². The molecule has 1 N–H and O–H groups in total. The minimum absolute atomic E-state index is 0.0807. The van der Waals surface area contributed by atoms with E-state index in [1.54, 1.807) is 18.5 Å². The van der Waals surface area contributed by atoms with E-state index < -0.39 is 32.2 Å². The van der Waals surface area contributed by atoms with Gasteiger partial charge in [-0.15, -0.1) is 15.6 Å². The number of hydrogen-bond acceptors (Lipinski definition) is 6. The lowest BCUT2D eigenvalue weighted by Gasteiger charge is -2.79. The third kappa shape index (κ3) is 4.22. The third-order valence-corrected chi connectivity index (χ3v) is 7.97. The molecule has 0 aromatic carbocycles. The number of imidazole rings is 1. The number of fused-ring (bicyclic) bond motifs is 1. The second kappa shape index (κ2) is 9.68. The lowest BCUT2D eigenvalue weighted by Crippen LogP contribution is -2.81. The summed E-state index contributed by atoms with van der Waals surface area (Å²) in [4.78, 5) is 31.7. The highest BCUT2D eigenvalue weighted by molar-refractivity contribution is 6.71. The van der Waals surface area contributed by atoms with Crippen LogP contribution in [-0.2, 0) is 7.05 Å². The molecule has 0 bridgehead atoms. The number of hydrogen-bond donors (Lipinski definition) is 1. The van der Waals surface area contributed by atoms with Crippen LogP contribution in [-0.4, -0.2) is 120 Å². The molecule has 0 atom stereocenters. The molecule has 0 aliphatic carbocycles. The number of pyridine rings is 3. The average Bonchev–Trinajstić information content (AvgIpc) is 3.25. The van der Waals surface area contributed by atoms with Crippen molar-refractivity contribution in [1.82, 2.24) is 24.5 Å². The van der Waals surface area contributed by atoms with Gasteiger partial charge in [-0.1, -0.05) is 0 Å². The van der Waals surface area contributed by atoms with Crippen LogP contribution < -0.4 is 10.2 Å². The van der Waals surface area contributed by atoms with E-state index in [-0.39, 0.29) is 17.2 Å². The fourth-order valence-electron chi connectivity index (χ4n) is 4.90. The van der Waals surface area contributed by atoms with Crippen LogP contribution in [0.25, 0.3) is 22.3 Å². The maximum Gasteiger partial charge on any atom is 0.257 e. The van der Waals surface area contributed by atoms with E-state index in [1.807, 2.05) is 30.7 Å². The number of aryl methyl sites for hydroxylation is 1. The highest BCUT2D eigenvalue weighted by Gasteiger charge is 2.64. The first-order valence-corrected chi connectivity index (χ1v) is 12.6. The summed E-state index contributed by atoms with van der Waals surface area (Å²) in [5.41, 5.74) is 2.23. The van der Waals surface area contributed by atoms with E-state index >= 15 is 0 Å². The topological polar surface area (TPSA) is 88.8 Å². The Hall–Kier alpha value is -3.16. The smallest absolute Gasteiger partial charge is 0.257 e. The SMILES string of the molecule is [B]C1([B])N(c2cc(C(=O)Nc3cc4nc(-c5cnc(C)n5C)ccc4cn3)ccn2)C([B])([B])C([B])([B])C([B])([B])C1([B])[B]. The second-order valence-electron chi connectivity index (χ2n) is 10.7. The molecule has 1 saturated heterocycles. The number of anilines is 2. The molecule has 5 heterocycles. The molecule has 1 aliphatic rings. The van der Waals surface area contributed by atoms with Gasteiger partial charge in [-0.05, 0) is 41.9 Å². The van der Waals surface area contributed by atoms with E-state index in [0.717, 1.165) is 21.8 Å². The predicted molar refractivity (Wildman–Crippen MR) is 172 cm³/mol. The van der Waals surface area contributed by atoms with E-state index in [9.17, 15) is 4.79 Å². The van der Waals surface area contributed by atoms with Crippen LogP contribution in [0.1, 0.15) is 16.2 Å². The molecule has 42 heavy (non-hydrogen) atoms. The van der Waals surface area contributed by atoms with Crippen LogP contribution in [0.3, 0.4) is 0 Å². The Kier molecular flexibility index (Phi) is 6.98. The van der Waals surface area contributed by atoms with Crippen molar-refractivity contribution in [3.63, 3.8) is 0 Å². The molecule has 1 fully saturated rings. The molecular weight excluding hydrogens is 510 g/mol. The summed E-state index contributed by atoms with van der Waals surface area (Å²) in [6.45, 7) is 1.90. The van der Waals surface area contributed by atoms with Gasteiger partial charge in [0, 0.05) is 36.5 Å². The quantitative estimate of drug-likeness (QED) is 0.349. The van der Waals surface area contributed by atoms with E-state index in [4.69, 9.17) is 83.4 Å². The number of aromatic nitrogens is 5. The van der Waals surface area contributed by atoms with Gasteiger partial charge in [-0.3, -0.25) is 4.79 Å². The summed E-state index contributed by atoms with van der Waals surface area (Å²) in [7, 11) is 64.2. The monoisotopic (exact) mass is 527 g/mol. The van der Waals surface area contributed by atoms with E-state index in [1.165, 1.54) is 18.3 Å². The van der Waals surface area contributed by atoms with Gasteiger partial charge in [0.2, 0.25) is 0 Å². The van der Waals surface area contributed by atoms with Gasteiger partial charge in [-0.25, -0.2) is 19.9 Å². The Bertz CT molecular complexity index is 1690. The molecule has 1 amide bonds. The molecule has 4 aromatic rings. The lowest BCUT2D eigenvalue weighted by molar-refractivity contribution is 0.102. The molecule has 1 aliphatic heterocycles. The number of amides is 1. The Morgan fingerprint density at radius 3 is 2.05 bits per heavy atom. The molecule has 0 spiro atoms. The zero-order chi connectivity index (χ0) is 31.0. The predicted octanol–water partition coefficient (Wildman–Crippen LogP) is -0.853. The van der Waals surface area contributed by atoms with Gasteiger partial charge in [0.05, 0.1) is 102 Å². The van der Waals surface area contributed by atoms with Crippen molar-refractivity contribution in [2.75, 3.05) is 10.2 Å². The molecule has 5 rings (SSSR count). The maximum atomic E-state index is 13.3. The molecule has 0 unspecified atom stereocenters. The van der Waals surface area contributed by atoms with E-state index in [0.29, 0.717) is 11.2 Å². The van der Waals surface area contributed by atoms with E-state index in [2.05, 4.69) is 20.3 Å². The summed E-state index contributed by atoms with van der Waals surface area (Å²) in [5.74, 6) is 0.357. The molecule has 4 aromatic heterocycles. The number of nitrogens with zero attached hydrogens (tertiary/aromatic N) is 6. The van der Waals surface area contributed by atoms with Gasteiger partial charge in [-0.2, -0.15) is 0 Å². The van der Waals surface area contributed by atoms with Gasteiger partial charge in [0.1, 0.15) is 17.5 Å². The van der Waals surface area contributed by atoms with Gasteiger partial charge >= 0.3 is 0 Å². The fourth-order valence-corrected chi connectivity index (χ4v) is 4.90. The maximum absolute atomic E-state index is 13.3. The fraction of sp³-hybridized carbons (Fsp3) is 0.292. The summed E-state index contributed by atoms with van der Waals surface area (Å²) in [6.07, 6.45) is 4.61. The van der Waals surface area contributed by atoms with Crippen molar-refractivity contribution in [3.05, 3.63) is 60.3 Å². The zero-order valence-electron chi connectivity index (χ0n) is 23.0. The minimum Gasteiger partial charge on any atom is -0.382 e. The molecule has 0 saturated carbocycles. The number of carbonyl (C=O) groups excluding carboxylic acids is 1. The average molecular weight is 526 g/mol. The second-order valence-corrected chi connectivity index (χ2v) is 10.7. The van der Waals surface area contributed by atoms with Gasteiger partial charge in [0.15, 0.2) is 0 Å². The number of piperidine rings is 1. The Labute approximate surface area is 257 Å². The molecule has 18 heteroatoms. The Morgan fingerprint density at radius 1 is 0.810 bits per heavy atom. The largest absolute Gasteiger partial charge is 0.382 e. The molecule has 182 valence electrons. The van der Waals surface area contributed by atoms with Crippen LogP contribution in [0.15, 0.2) is 48.9 Å². The standard InChI is InChI=1S/C24H15B10N7O/c1-11-36-10-16(40(11)2)14-4-3-13-9-37-17(8-15(13)38-14)39-19(42)12-5-6-35-18(7-12)41-23(31,32)21(27,28)20(25,26)22(29,30)24(41,33)34/h3-10H,1-2H3,(H,37,39,42). The summed E-state index contributed by atoms with van der Waals surface area (Å²) < 4.78 is 1.93. The van der Waals surface area contributed by atoms with Crippen molar-refractivity contribution < 1.29 is 4.79 Å². The first-order chi connectivity index (χ1) is 19.3. The third-order valence-electron chi connectivity index (χ3n) is 7.97. The summed E-state index contributed by atoms with van der Waals surface area (Å²) in [5, 5.41) is -8.35. The van der Waals surface area contributed by atoms with Crippen LogP contribution >= 0.6 is 0 Å². The van der Waals surface area contributed by atoms with Crippen LogP contribution in [0.4, 0.5) is 11.6 Å². The first kappa shape index (κ1) is 30.3. The van der Waals surface area contributed by atoms with Crippen LogP contribution in [0.2, 0.25) is 15.6 Å². The Morgan fingerprint density at radius 2 is 1.45 bits per heavy atom. The molecule has 8 nitrogen and oxygen atoms in total. The highest BCUT2D eigenvalue weighted by atomic mass is 16.1. The number of carbonyl (C=O) groups is 1. The Balaban J connectivity index is 1.48. The van der Waals surface area contributed by atoms with Gasteiger partial charge in [0.25, 0.3) is 5.91 Å². The lowest BCUT2D eigenvalue weighted by atomic mass is 9.05. The first-order valence-electron chi connectivity index (χ1n) is 12.6. The van der Waals surface area contributed by atoms with Crippen molar-refractivity contribution in [2.45, 2.75) is 33.2 Å². The van der Waals surface area contributed by atoms with Gasteiger partial charge < -0.3 is 14.8 Å². The van der Waals surface area contributed by atoms with Crippen molar-refractivity contribution in [2.24, 2.45) is 7.05 Å². The van der Waals surface area contributed by atoms with Crippen LogP contribution in [0.5, 0.6) is 0 Å².